The summed E-state index contributed by atoms with van der Waals surface area (Å²) in [5.41, 5.74) is 2.89. The van der Waals surface area contributed by atoms with E-state index in [2.05, 4.69) is 5.32 Å². The van der Waals surface area contributed by atoms with Crippen LogP contribution in [0.4, 0.5) is 0 Å². The van der Waals surface area contributed by atoms with Crippen molar-refractivity contribution in [3.8, 4) is 0 Å². The normalized spacial score (nSPS) is 18.6. The summed E-state index contributed by atoms with van der Waals surface area (Å²) in [5.74, 6) is -0.720. The average molecular weight is 392 g/mol. The first-order chi connectivity index (χ1) is 14.1. The molecule has 0 saturated carbocycles. The van der Waals surface area contributed by atoms with Crippen molar-refractivity contribution in [3.05, 3.63) is 70.8 Å². The standard InChI is InChI=1S/C23H24N2O4/c26-21(20-14-18-6-2-3-7-19(18)23(28)29-20)24-15-16-8-10-17(11-9-16)22(27)25-12-4-1-5-13-25/h2-3,6-11,20H,1,4-5,12-15H2,(H,24,26)/t20-/m1/s1. The Balaban J connectivity index is 1.33. The number of benzene rings is 2. The fraction of sp³-hybridized carbons (Fsp3) is 0.348. The van der Waals surface area contributed by atoms with Crippen LogP contribution in [-0.4, -0.2) is 41.9 Å². The van der Waals surface area contributed by atoms with Crippen molar-refractivity contribution < 1.29 is 19.1 Å². The minimum Gasteiger partial charge on any atom is -0.448 e. The molecule has 29 heavy (non-hydrogen) atoms. The summed E-state index contributed by atoms with van der Waals surface area (Å²) >= 11 is 0. The smallest absolute Gasteiger partial charge is 0.339 e. The lowest BCUT2D eigenvalue weighted by Gasteiger charge is -2.26. The maximum absolute atomic E-state index is 12.5. The minimum atomic E-state index is -0.822. The second-order valence-electron chi connectivity index (χ2n) is 7.52. The highest BCUT2D eigenvalue weighted by molar-refractivity contribution is 5.96. The number of carbonyl (C=O) groups excluding carboxylic acids is 3. The van der Waals surface area contributed by atoms with Gasteiger partial charge in [0.2, 0.25) is 0 Å². The highest BCUT2D eigenvalue weighted by Gasteiger charge is 2.30. The second-order valence-corrected chi connectivity index (χ2v) is 7.52. The number of likely N-dealkylation sites (tertiary alicyclic amines) is 1. The Labute approximate surface area is 169 Å². The predicted octanol–water partition coefficient (Wildman–Crippen LogP) is 2.71. The van der Waals surface area contributed by atoms with E-state index < -0.39 is 12.1 Å². The molecule has 1 fully saturated rings. The van der Waals surface area contributed by atoms with E-state index >= 15 is 0 Å². The van der Waals surface area contributed by atoms with Crippen LogP contribution in [0.1, 0.15) is 51.1 Å². The number of piperidine rings is 1. The lowest BCUT2D eigenvalue weighted by Crippen LogP contribution is -2.41. The summed E-state index contributed by atoms with van der Waals surface area (Å²) in [6.07, 6.45) is 2.86. The molecule has 2 aliphatic rings. The van der Waals surface area contributed by atoms with Crippen LogP contribution in [0.15, 0.2) is 48.5 Å². The van der Waals surface area contributed by atoms with Gasteiger partial charge in [0.1, 0.15) is 0 Å². The molecular weight excluding hydrogens is 368 g/mol. The Kier molecular flexibility index (Phi) is 5.60. The van der Waals surface area contributed by atoms with Gasteiger partial charge in [-0.2, -0.15) is 0 Å². The van der Waals surface area contributed by atoms with Gasteiger partial charge in [0.25, 0.3) is 11.8 Å². The van der Waals surface area contributed by atoms with E-state index in [-0.39, 0.29) is 11.8 Å². The number of hydrogen-bond donors (Lipinski definition) is 1. The number of cyclic esters (lactones) is 1. The van der Waals surface area contributed by atoms with Gasteiger partial charge in [-0.25, -0.2) is 4.79 Å². The van der Waals surface area contributed by atoms with Crippen molar-refractivity contribution in [3.63, 3.8) is 0 Å². The molecule has 2 aromatic carbocycles. The van der Waals surface area contributed by atoms with E-state index in [1.807, 2.05) is 29.2 Å². The highest BCUT2D eigenvalue weighted by Crippen LogP contribution is 2.20. The Morgan fingerprint density at radius 1 is 1.00 bits per heavy atom. The third-order valence-corrected chi connectivity index (χ3v) is 5.50. The summed E-state index contributed by atoms with van der Waals surface area (Å²) in [7, 11) is 0. The first-order valence-electron chi connectivity index (χ1n) is 10.1. The van der Waals surface area contributed by atoms with Crippen molar-refractivity contribution in [1.82, 2.24) is 10.2 Å². The lowest BCUT2D eigenvalue weighted by molar-refractivity contribution is -0.130. The number of carbonyl (C=O) groups is 3. The molecule has 0 aliphatic carbocycles. The van der Waals surface area contributed by atoms with Gasteiger partial charge in [-0.15, -0.1) is 0 Å². The Morgan fingerprint density at radius 3 is 2.48 bits per heavy atom. The lowest BCUT2D eigenvalue weighted by atomic mass is 9.98. The molecular formula is C23H24N2O4. The van der Waals surface area contributed by atoms with Crippen LogP contribution in [0.5, 0.6) is 0 Å². The van der Waals surface area contributed by atoms with E-state index in [0.717, 1.165) is 37.1 Å². The van der Waals surface area contributed by atoms with E-state index in [9.17, 15) is 14.4 Å². The number of fused-ring (bicyclic) bond motifs is 1. The number of nitrogens with zero attached hydrogens (tertiary/aromatic N) is 1. The molecule has 0 aromatic heterocycles. The molecule has 2 heterocycles. The monoisotopic (exact) mass is 392 g/mol. The van der Waals surface area contributed by atoms with Gasteiger partial charge < -0.3 is 15.0 Å². The van der Waals surface area contributed by atoms with Gasteiger partial charge in [0.15, 0.2) is 6.10 Å². The topological polar surface area (TPSA) is 75.7 Å². The van der Waals surface area contributed by atoms with Crippen molar-refractivity contribution in [2.75, 3.05) is 13.1 Å². The summed E-state index contributed by atoms with van der Waals surface area (Å²) in [6, 6.07) is 14.5. The van der Waals surface area contributed by atoms with Crippen LogP contribution in [0, 0.1) is 0 Å². The number of hydrogen-bond acceptors (Lipinski definition) is 4. The fourth-order valence-electron chi connectivity index (χ4n) is 3.83. The van der Waals surface area contributed by atoms with E-state index in [0.29, 0.717) is 24.1 Å². The van der Waals surface area contributed by atoms with Crippen LogP contribution in [-0.2, 0) is 22.5 Å². The molecule has 2 aliphatic heterocycles. The van der Waals surface area contributed by atoms with Crippen molar-refractivity contribution in [2.45, 2.75) is 38.3 Å². The first kappa shape index (κ1) is 19.2. The maximum Gasteiger partial charge on any atom is 0.339 e. The minimum absolute atomic E-state index is 0.0630. The third-order valence-electron chi connectivity index (χ3n) is 5.50. The van der Waals surface area contributed by atoms with Crippen LogP contribution in [0.3, 0.4) is 0 Å². The Hall–Kier alpha value is -3.15. The molecule has 0 bridgehead atoms. The van der Waals surface area contributed by atoms with E-state index in [1.165, 1.54) is 6.42 Å². The number of ether oxygens (including phenoxy) is 1. The molecule has 1 atom stereocenters. The van der Waals surface area contributed by atoms with Gasteiger partial charge in [-0.05, 0) is 48.6 Å². The van der Waals surface area contributed by atoms with Gasteiger partial charge in [0, 0.05) is 31.6 Å². The number of nitrogens with one attached hydrogen (secondary N) is 1. The van der Waals surface area contributed by atoms with Gasteiger partial charge in [0.05, 0.1) is 5.56 Å². The van der Waals surface area contributed by atoms with Crippen molar-refractivity contribution in [1.29, 1.82) is 0 Å². The highest BCUT2D eigenvalue weighted by atomic mass is 16.5. The number of rotatable bonds is 4. The molecule has 1 N–H and O–H groups in total. The molecule has 2 amide bonds. The Morgan fingerprint density at radius 2 is 1.72 bits per heavy atom. The predicted molar refractivity (Wildman–Crippen MR) is 107 cm³/mol. The van der Waals surface area contributed by atoms with E-state index in [1.54, 1.807) is 24.3 Å². The average Bonchev–Trinajstić information content (AvgIpc) is 2.78. The molecule has 1 saturated heterocycles. The zero-order chi connectivity index (χ0) is 20.2. The van der Waals surface area contributed by atoms with Crippen LogP contribution in [0.25, 0.3) is 0 Å². The quantitative estimate of drug-likeness (QED) is 0.812. The van der Waals surface area contributed by atoms with Crippen LogP contribution < -0.4 is 5.32 Å². The number of esters is 1. The summed E-state index contributed by atoms with van der Waals surface area (Å²) in [4.78, 5) is 38.9. The molecule has 0 spiro atoms. The van der Waals surface area contributed by atoms with E-state index in [4.69, 9.17) is 4.74 Å². The number of amides is 2. The third kappa shape index (κ3) is 4.31. The SMILES string of the molecule is O=C1O[C@@H](C(=O)NCc2ccc(C(=O)N3CCCCC3)cc2)Cc2ccccc21. The summed E-state index contributed by atoms with van der Waals surface area (Å²) in [5, 5.41) is 2.82. The molecule has 6 nitrogen and oxygen atoms in total. The molecule has 4 rings (SSSR count). The molecule has 0 radical (unpaired) electrons. The van der Waals surface area contributed by atoms with Gasteiger partial charge in [-0.1, -0.05) is 30.3 Å². The largest absolute Gasteiger partial charge is 0.448 e. The van der Waals surface area contributed by atoms with Crippen molar-refractivity contribution >= 4 is 17.8 Å². The first-order valence-corrected chi connectivity index (χ1v) is 10.1. The van der Waals surface area contributed by atoms with Gasteiger partial charge in [-0.3, -0.25) is 9.59 Å². The molecule has 6 heteroatoms. The van der Waals surface area contributed by atoms with Gasteiger partial charge >= 0.3 is 5.97 Å². The zero-order valence-electron chi connectivity index (χ0n) is 16.2. The van der Waals surface area contributed by atoms with Crippen LogP contribution in [0.2, 0.25) is 0 Å². The van der Waals surface area contributed by atoms with Crippen LogP contribution >= 0.6 is 0 Å². The zero-order valence-corrected chi connectivity index (χ0v) is 16.2. The summed E-state index contributed by atoms with van der Waals surface area (Å²) < 4.78 is 5.28. The fourth-order valence-corrected chi connectivity index (χ4v) is 3.83. The maximum atomic E-state index is 12.5. The second kappa shape index (κ2) is 8.47. The molecule has 150 valence electrons. The van der Waals surface area contributed by atoms with Crippen molar-refractivity contribution in [2.24, 2.45) is 0 Å². The molecule has 0 unspecified atom stereocenters. The molecule has 2 aromatic rings. The summed E-state index contributed by atoms with van der Waals surface area (Å²) in [6.45, 7) is 1.95. The Bertz CT molecular complexity index is 917.